The van der Waals surface area contributed by atoms with Gasteiger partial charge in [-0.25, -0.2) is 4.98 Å². The smallest absolute Gasteiger partial charge is 0.170 e. The molecule has 0 saturated heterocycles. The van der Waals surface area contributed by atoms with Gasteiger partial charge in [0.15, 0.2) is 5.16 Å². The fraction of sp³-hybridized carbons (Fsp3) is 0.100. The second-order valence-electron chi connectivity index (χ2n) is 2.94. The topological polar surface area (TPSA) is 63.9 Å². The highest BCUT2D eigenvalue weighted by Crippen LogP contribution is 2.29. The van der Waals surface area contributed by atoms with Crippen molar-refractivity contribution in [1.82, 2.24) is 9.97 Å². The number of hydrogen-bond donors (Lipinski definition) is 2. The van der Waals surface area contributed by atoms with Crippen molar-refractivity contribution in [2.45, 2.75) is 10.1 Å². The molecule has 0 aliphatic carbocycles. The second-order valence-corrected chi connectivity index (χ2v) is 4.00. The van der Waals surface area contributed by atoms with Gasteiger partial charge in [-0.05, 0) is 12.1 Å². The molecule has 0 atom stereocenters. The molecule has 0 bridgehead atoms. The molecule has 0 aliphatic heterocycles. The van der Waals surface area contributed by atoms with Gasteiger partial charge in [0.05, 0.1) is 7.11 Å². The molecule has 0 amide bonds. The van der Waals surface area contributed by atoms with Gasteiger partial charge in [-0.1, -0.05) is 11.8 Å². The number of hydrogen-bond acceptors (Lipinski definition) is 4. The summed E-state index contributed by atoms with van der Waals surface area (Å²) in [4.78, 5) is 8.14. The van der Waals surface area contributed by atoms with Crippen molar-refractivity contribution in [2.24, 2.45) is 0 Å². The van der Waals surface area contributed by atoms with E-state index < -0.39 is 0 Å². The van der Waals surface area contributed by atoms with Crippen LogP contribution in [-0.4, -0.2) is 17.1 Å². The molecule has 0 fully saturated rings. The van der Waals surface area contributed by atoms with E-state index >= 15 is 0 Å². The van der Waals surface area contributed by atoms with Crippen LogP contribution in [0.2, 0.25) is 0 Å². The van der Waals surface area contributed by atoms with Crippen LogP contribution < -0.4 is 10.5 Å². The predicted octanol–water partition coefficient (Wildman–Crippen LogP) is 2.15. The molecule has 1 heterocycles. The average molecular weight is 221 g/mol. The summed E-state index contributed by atoms with van der Waals surface area (Å²) in [5.41, 5.74) is 6.42. The standard InChI is InChI=1S/C10H11N3OS/c1-14-8-4-7(11)5-9(6-8)15-10-12-2-3-13-10/h2-6H,11H2,1H3,(H,12,13). The average Bonchev–Trinajstić information content (AvgIpc) is 2.69. The molecule has 1 aromatic carbocycles. The molecule has 78 valence electrons. The largest absolute Gasteiger partial charge is 0.497 e. The minimum absolute atomic E-state index is 0.684. The molecular weight excluding hydrogens is 210 g/mol. The van der Waals surface area contributed by atoms with Crippen molar-refractivity contribution < 1.29 is 4.74 Å². The Morgan fingerprint density at radius 1 is 1.40 bits per heavy atom. The summed E-state index contributed by atoms with van der Waals surface area (Å²) >= 11 is 1.51. The van der Waals surface area contributed by atoms with E-state index in [0.29, 0.717) is 5.69 Å². The number of ether oxygens (including phenoxy) is 1. The molecule has 15 heavy (non-hydrogen) atoms. The summed E-state index contributed by atoms with van der Waals surface area (Å²) in [5.74, 6) is 0.754. The fourth-order valence-electron chi connectivity index (χ4n) is 1.19. The molecule has 0 aliphatic rings. The number of H-pyrrole nitrogens is 1. The zero-order valence-corrected chi connectivity index (χ0v) is 9.04. The lowest BCUT2D eigenvalue weighted by atomic mass is 10.3. The summed E-state index contributed by atoms with van der Waals surface area (Å²) < 4.78 is 5.13. The molecular formula is C10H11N3OS. The molecule has 4 nitrogen and oxygen atoms in total. The van der Waals surface area contributed by atoms with Crippen molar-refractivity contribution in [3.05, 3.63) is 30.6 Å². The first-order chi connectivity index (χ1) is 7.28. The lowest BCUT2D eigenvalue weighted by molar-refractivity contribution is 0.414. The maximum absolute atomic E-state index is 5.74. The second kappa shape index (κ2) is 4.27. The Morgan fingerprint density at radius 3 is 2.93 bits per heavy atom. The zero-order chi connectivity index (χ0) is 10.7. The predicted molar refractivity (Wildman–Crippen MR) is 60.1 cm³/mol. The number of anilines is 1. The van der Waals surface area contributed by atoms with E-state index in [-0.39, 0.29) is 0 Å². The van der Waals surface area contributed by atoms with Crippen molar-refractivity contribution in [1.29, 1.82) is 0 Å². The Bertz CT molecular complexity index is 442. The van der Waals surface area contributed by atoms with Crippen molar-refractivity contribution in [3.8, 4) is 5.75 Å². The Labute approximate surface area is 91.9 Å². The maximum atomic E-state index is 5.74. The highest BCUT2D eigenvalue weighted by molar-refractivity contribution is 7.99. The SMILES string of the molecule is COc1cc(N)cc(Sc2ncc[nH]2)c1. The van der Waals surface area contributed by atoms with E-state index in [4.69, 9.17) is 10.5 Å². The molecule has 0 saturated carbocycles. The van der Waals surface area contributed by atoms with E-state index in [1.54, 1.807) is 25.6 Å². The zero-order valence-electron chi connectivity index (χ0n) is 8.23. The van der Waals surface area contributed by atoms with Gasteiger partial charge in [0, 0.05) is 29.0 Å². The maximum Gasteiger partial charge on any atom is 0.170 e. The van der Waals surface area contributed by atoms with Crippen LogP contribution in [0.25, 0.3) is 0 Å². The lowest BCUT2D eigenvalue weighted by Gasteiger charge is -2.04. The third kappa shape index (κ3) is 2.44. The lowest BCUT2D eigenvalue weighted by Crippen LogP contribution is -1.89. The molecule has 1 aromatic heterocycles. The number of aromatic nitrogens is 2. The molecule has 3 N–H and O–H groups in total. The van der Waals surface area contributed by atoms with Crippen molar-refractivity contribution in [3.63, 3.8) is 0 Å². The minimum Gasteiger partial charge on any atom is -0.497 e. The van der Waals surface area contributed by atoms with Gasteiger partial charge in [0.1, 0.15) is 5.75 Å². The summed E-state index contributed by atoms with van der Waals surface area (Å²) in [6, 6.07) is 5.59. The van der Waals surface area contributed by atoms with Gasteiger partial charge >= 0.3 is 0 Å². The van der Waals surface area contributed by atoms with Gasteiger partial charge in [0.2, 0.25) is 0 Å². The van der Waals surface area contributed by atoms with Crippen LogP contribution in [0.4, 0.5) is 5.69 Å². The normalized spacial score (nSPS) is 10.2. The number of aromatic amines is 1. The van der Waals surface area contributed by atoms with Crippen LogP contribution in [0.1, 0.15) is 0 Å². The van der Waals surface area contributed by atoms with Gasteiger partial charge in [-0.3, -0.25) is 0 Å². The van der Waals surface area contributed by atoms with Crippen molar-refractivity contribution >= 4 is 17.4 Å². The fourth-order valence-corrected chi connectivity index (χ4v) is 2.02. The number of nitrogens with two attached hydrogens (primary N) is 1. The number of nitrogen functional groups attached to an aromatic ring is 1. The monoisotopic (exact) mass is 221 g/mol. The summed E-state index contributed by atoms with van der Waals surface area (Å²) in [6.45, 7) is 0. The first-order valence-corrected chi connectivity index (χ1v) is 5.21. The third-order valence-corrected chi connectivity index (χ3v) is 2.71. The molecule has 0 radical (unpaired) electrons. The summed E-state index contributed by atoms with van der Waals surface area (Å²) in [5, 5.41) is 0.836. The first-order valence-electron chi connectivity index (χ1n) is 4.40. The van der Waals surface area contributed by atoms with E-state index in [9.17, 15) is 0 Å². The Balaban J connectivity index is 2.24. The van der Waals surface area contributed by atoms with Gasteiger partial charge in [0.25, 0.3) is 0 Å². The van der Waals surface area contributed by atoms with Crippen LogP contribution in [0.5, 0.6) is 5.75 Å². The first kappa shape index (κ1) is 9.92. The van der Waals surface area contributed by atoms with E-state index in [2.05, 4.69) is 9.97 Å². The van der Waals surface area contributed by atoms with Crippen LogP contribution >= 0.6 is 11.8 Å². The number of benzene rings is 1. The van der Waals surface area contributed by atoms with Crippen LogP contribution in [0.15, 0.2) is 40.6 Å². The molecule has 5 heteroatoms. The van der Waals surface area contributed by atoms with Crippen LogP contribution in [0.3, 0.4) is 0 Å². The van der Waals surface area contributed by atoms with E-state index in [1.807, 2.05) is 12.1 Å². The summed E-state index contributed by atoms with van der Waals surface area (Å²) in [7, 11) is 1.62. The number of methoxy groups -OCH3 is 1. The number of imidazole rings is 1. The highest BCUT2D eigenvalue weighted by atomic mass is 32.2. The molecule has 2 aromatic rings. The molecule has 0 spiro atoms. The van der Waals surface area contributed by atoms with E-state index in [0.717, 1.165) is 15.8 Å². The molecule has 2 rings (SSSR count). The Kier molecular flexibility index (Phi) is 2.82. The van der Waals surface area contributed by atoms with Gasteiger partial charge in [-0.2, -0.15) is 0 Å². The minimum atomic E-state index is 0.684. The number of nitrogens with zero attached hydrogens (tertiary/aromatic N) is 1. The number of nitrogens with one attached hydrogen (secondary N) is 1. The third-order valence-electron chi connectivity index (χ3n) is 1.83. The van der Waals surface area contributed by atoms with Crippen molar-refractivity contribution in [2.75, 3.05) is 12.8 Å². The summed E-state index contributed by atoms with van der Waals surface area (Å²) in [6.07, 6.45) is 3.50. The Hall–Kier alpha value is -1.62. The van der Waals surface area contributed by atoms with E-state index in [1.165, 1.54) is 11.8 Å². The number of rotatable bonds is 3. The van der Waals surface area contributed by atoms with Gasteiger partial charge < -0.3 is 15.5 Å². The molecule has 0 unspecified atom stereocenters. The van der Waals surface area contributed by atoms with Crippen LogP contribution in [0, 0.1) is 0 Å². The van der Waals surface area contributed by atoms with Gasteiger partial charge in [-0.15, -0.1) is 0 Å². The quantitative estimate of drug-likeness (QED) is 0.779. The Morgan fingerprint density at radius 2 is 2.27 bits per heavy atom. The highest BCUT2D eigenvalue weighted by Gasteiger charge is 2.02. The van der Waals surface area contributed by atoms with Crippen LogP contribution in [-0.2, 0) is 0 Å².